The molecule has 0 fully saturated rings. The highest BCUT2D eigenvalue weighted by Gasteiger charge is 2.30. The van der Waals surface area contributed by atoms with Crippen LogP contribution < -0.4 is 0 Å². The van der Waals surface area contributed by atoms with E-state index in [2.05, 4.69) is 127 Å². The molecule has 0 aromatic heterocycles. The maximum Gasteiger partial charge on any atom is 0.0358 e. The second-order valence-electron chi connectivity index (χ2n) is 8.14. The van der Waals surface area contributed by atoms with Crippen molar-refractivity contribution >= 4 is 0 Å². The van der Waals surface area contributed by atoms with Crippen LogP contribution >= 0.6 is 0 Å². The third-order valence-corrected chi connectivity index (χ3v) is 6.41. The van der Waals surface area contributed by atoms with E-state index in [0.717, 1.165) is 0 Å². The van der Waals surface area contributed by atoms with E-state index in [-0.39, 0.29) is 5.92 Å². The van der Waals surface area contributed by atoms with Crippen molar-refractivity contribution in [3.05, 3.63) is 144 Å². The fourth-order valence-electron chi connectivity index (χ4n) is 4.98. The average Bonchev–Trinajstić information content (AvgIpc) is 3.19. The molecule has 146 valence electrons. The summed E-state index contributed by atoms with van der Waals surface area (Å²) in [5.74, 6) is 0.261. The molecule has 31 heavy (non-hydrogen) atoms. The van der Waals surface area contributed by atoms with E-state index in [9.17, 15) is 0 Å². The van der Waals surface area contributed by atoms with Gasteiger partial charge in [-0.2, -0.15) is 0 Å². The normalized spacial score (nSPS) is 12.4. The largest absolute Gasteiger partial charge is 0.0622 e. The van der Waals surface area contributed by atoms with Gasteiger partial charge >= 0.3 is 0 Å². The Morgan fingerprint density at radius 2 is 0.677 bits per heavy atom. The molecule has 0 saturated heterocycles. The number of hydrogen-bond donors (Lipinski definition) is 0. The molecule has 0 saturated carbocycles. The minimum absolute atomic E-state index is 0.261. The smallest absolute Gasteiger partial charge is 0.0358 e. The Balaban J connectivity index is 1.48. The predicted molar refractivity (Wildman–Crippen MR) is 130 cm³/mol. The first-order valence-electron chi connectivity index (χ1n) is 10.8. The van der Waals surface area contributed by atoms with Gasteiger partial charge in [0.1, 0.15) is 0 Å². The molecule has 0 aliphatic heterocycles. The molecule has 0 bridgehead atoms. The summed E-state index contributed by atoms with van der Waals surface area (Å²) in [5.41, 5.74) is 12.0. The van der Waals surface area contributed by atoms with Gasteiger partial charge in [0.2, 0.25) is 0 Å². The lowest BCUT2D eigenvalue weighted by Crippen LogP contribution is -2.01. The Labute approximate surface area is 183 Å². The van der Waals surface area contributed by atoms with E-state index in [1.165, 1.54) is 50.1 Å². The fourth-order valence-corrected chi connectivity index (χ4v) is 4.98. The van der Waals surface area contributed by atoms with Crippen molar-refractivity contribution in [2.75, 3.05) is 0 Å². The topological polar surface area (TPSA) is 0 Å². The molecule has 0 amide bonds. The van der Waals surface area contributed by atoms with Crippen LogP contribution in [0.3, 0.4) is 0 Å². The van der Waals surface area contributed by atoms with Gasteiger partial charge in [-0.15, -0.1) is 0 Å². The lowest BCUT2D eigenvalue weighted by molar-refractivity contribution is 1.02. The first kappa shape index (κ1) is 17.9. The Bertz CT molecular complexity index is 1320. The van der Waals surface area contributed by atoms with Crippen molar-refractivity contribution in [2.45, 2.75) is 5.92 Å². The van der Waals surface area contributed by atoms with Gasteiger partial charge < -0.3 is 0 Å². The Hall–Kier alpha value is -3.90. The Morgan fingerprint density at radius 1 is 0.290 bits per heavy atom. The monoisotopic (exact) mass is 394 g/mol. The Morgan fingerprint density at radius 3 is 1.26 bits per heavy atom. The molecule has 0 heterocycles. The van der Waals surface area contributed by atoms with Crippen molar-refractivity contribution in [1.29, 1.82) is 0 Å². The predicted octanol–water partition coefficient (Wildman–Crippen LogP) is 8.18. The van der Waals surface area contributed by atoms with Crippen LogP contribution in [-0.2, 0) is 0 Å². The van der Waals surface area contributed by atoms with Crippen LogP contribution in [0, 0.1) is 0 Å². The molecule has 0 spiro atoms. The van der Waals surface area contributed by atoms with E-state index in [1.54, 1.807) is 0 Å². The summed E-state index contributed by atoms with van der Waals surface area (Å²) >= 11 is 0. The van der Waals surface area contributed by atoms with E-state index in [0.29, 0.717) is 0 Å². The van der Waals surface area contributed by atoms with Gasteiger partial charge in [0.15, 0.2) is 0 Å². The van der Waals surface area contributed by atoms with Crippen molar-refractivity contribution in [3.8, 4) is 33.4 Å². The van der Waals surface area contributed by atoms with Crippen LogP contribution in [0.5, 0.6) is 0 Å². The summed E-state index contributed by atoms with van der Waals surface area (Å²) in [7, 11) is 0. The minimum Gasteiger partial charge on any atom is -0.0622 e. The highest BCUT2D eigenvalue weighted by Crippen LogP contribution is 2.49. The van der Waals surface area contributed by atoms with E-state index < -0.39 is 0 Å². The summed E-state index contributed by atoms with van der Waals surface area (Å²) in [6.45, 7) is 0. The summed E-state index contributed by atoms with van der Waals surface area (Å²) in [5, 5.41) is 0. The fraction of sp³-hybridized carbons (Fsp3) is 0.0323. The highest BCUT2D eigenvalue weighted by atomic mass is 14.3. The van der Waals surface area contributed by atoms with E-state index >= 15 is 0 Å². The van der Waals surface area contributed by atoms with Gasteiger partial charge in [-0.1, -0.05) is 127 Å². The Kier molecular flexibility index (Phi) is 4.28. The average molecular weight is 395 g/mol. The number of fused-ring (bicyclic) bond motifs is 3. The maximum absolute atomic E-state index is 2.30. The van der Waals surface area contributed by atoms with Gasteiger partial charge in [0, 0.05) is 5.92 Å². The zero-order valence-electron chi connectivity index (χ0n) is 17.2. The zero-order valence-corrected chi connectivity index (χ0v) is 17.2. The number of benzene rings is 5. The lowest BCUT2D eigenvalue weighted by atomic mass is 9.84. The van der Waals surface area contributed by atoms with Gasteiger partial charge in [0.05, 0.1) is 0 Å². The molecule has 1 aliphatic carbocycles. The van der Waals surface area contributed by atoms with Crippen molar-refractivity contribution in [1.82, 2.24) is 0 Å². The lowest BCUT2D eigenvalue weighted by Gasteiger charge is -2.19. The highest BCUT2D eigenvalue weighted by molar-refractivity contribution is 5.83. The molecular formula is C31H22. The first-order valence-corrected chi connectivity index (χ1v) is 10.8. The zero-order chi connectivity index (χ0) is 20.6. The van der Waals surface area contributed by atoms with Crippen LogP contribution in [0.2, 0.25) is 0 Å². The molecular weight excluding hydrogens is 372 g/mol. The summed E-state index contributed by atoms with van der Waals surface area (Å²) in [4.78, 5) is 0. The molecule has 0 radical (unpaired) electrons. The molecule has 0 unspecified atom stereocenters. The first-order chi connectivity index (χ1) is 15.4. The van der Waals surface area contributed by atoms with Crippen molar-refractivity contribution < 1.29 is 0 Å². The molecule has 0 N–H and O–H groups in total. The van der Waals surface area contributed by atoms with Crippen molar-refractivity contribution in [2.24, 2.45) is 0 Å². The second kappa shape index (κ2) is 7.41. The number of hydrogen-bond acceptors (Lipinski definition) is 0. The van der Waals surface area contributed by atoms with Crippen molar-refractivity contribution in [3.63, 3.8) is 0 Å². The third-order valence-electron chi connectivity index (χ3n) is 6.41. The van der Waals surface area contributed by atoms with Gasteiger partial charge in [-0.25, -0.2) is 0 Å². The molecule has 0 atom stereocenters. The molecule has 6 rings (SSSR count). The van der Waals surface area contributed by atoms with Gasteiger partial charge in [-0.05, 0) is 50.1 Å². The summed E-state index contributed by atoms with van der Waals surface area (Å²) < 4.78 is 0. The molecule has 5 aromatic rings. The summed E-state index contributed by atoms with van der Waals surface area (Å²) in [6.07, 6.45) is 0. The standard InChI is InChI=1S/C31H22/c1-2-10-22(11-3-1)23-18-20-24(21-19-23)25-12-4-7-15-28(25)31-29-16-8-5-13-26(29)27-14-6-9-17-30(27)31/h1-21,31H. The molecule has 5 aromatic carbocycles. The van der Waals surface area contributed by atoms with Crippen LogP contribution in [0.25, 0.3) is 33.4 Å². The van der Waals surface area contributed by atoms with Crippen LogP contribution in [0.15, 0.2) is 127 Å². The van der Waals surface area contributed by atoms with E-state index in [4.69, 9.17) is 0 Å². The van der Waals surface area contributed by atoms with Crippen LogP contribution in [-0.4, -0.2) is 0 Å². The second-order valence-corrected chi connectivity index (χ2v) is 8.14. The summed E-state index contributed by atoms with van der Waals surface area (Å²) in [6, 6.07) is 46.1. The maximum atomic E-state index is 2.30. The third kappa shape index (κ3) is 3.00. The molecule has 0 heteroatoms. The SMILES string of the molecule is c1ccc(-c2ccc(-c3ccccc3C3c4ccccc4-c4ccccc43)cc2)cc1. The molecule has 1 aliphatic rings. The minimum atomic E-state index is 0.261. The molecule has 0 nitrogen and oxygen atoms in total. The van der Waals surface area contributed by atoms with Gasteiger partial charge in [0.25, 0.3) is 0 Å². The van der Waals surface area contributed by atoms with E-state index in [1.807, 2.05) is 0 Å². The van der Waals surface area contributed by atoms with Gasteiger partial charge in [-0.3, -0.25) is 0 Å². The van der Waals surface area contributed by atoms with Crippen LogP contribution in [0.4, 0.5) is 0 Å². The quantitative estimate of drug-likeness (QED) is 0.284. The van der Waals surface area contributed by atoms with Crippen LogP contribution in [0.1, 0.15) is 22.6 Å². The number of rotatable bonds is 3.